The summed E-state index contributed by atoms with van der Waals surface area (Å²) in [6.45, 7) is 2.03. The van der Waals surface area contributed by atoms with Crippen LogP contribution in [0.15, 0.2) is 36.7 Å². The number of aryl methyl sites for hydroxylation is 1. The Hall–Kier alpha value is -1.94. The normalized spacial score (nSPS) is 10.8. The largest absolute Gasteiger partial charge is 0.495 e. The molecule has 0 unspecified atom stereocenters. The Bertz CT molecular complexity index is 706. The van der Waals surface area contributed by atoms with Crippen molar-refractivity contribution in [3.8, 4) is 16.9 Å². The van der Waals surface area contributed by atoms with E-state index in [4.69, 9.17) is 4.74 Å². The molecule has 0 aliphatic carbocycles. The molecular formula is C14H12N2OS. The molecule has 0 spiro atoms. The van der Waals surface area contributed by atoms with Crippen molar-refractivity contribution in [2.24, 2.45) is 0 Å². The first-order valence-electron chi connectivity index (χ1n) is 5.63. The molecule has 3 aromatic rings. The number of ether oxygens (including phenoxy) is 1. The van der Waals surface area contributed by atoms with Crippen molar-refractivity contribution in [2.75, 3.05) is 7.11 Å². The molecule has 2 aromatic heterocycles. The van der Waals surface area contributed by atoms with Crippen molar-refractivity contribution in [1.29, 1.82) is 0 Å². The minimum absolute atomic E-state index is 0.766. The molecule has 90 valence electrons. The molecule has 18 heavy (non-hydrogen) atoms. The zero-order valence-electron chi connectivity index (χ0n) is 10.2. The van der Waals surface area contributed by atoms with Crippen LogP contribution < -0.4 is 4.74 Å². The summed E-state index contributed by atoms with van der Waals surface area (Å²) in [6.07, 6.45) is 3.54. The van der Waals surface area contributed by atoms with Crippen molar-refractivity contribution in [3.05, 3.63) is 41.7 Å². The van der Waals surface area contributed by atoms with Crippen LogP contribution in [-0.4, -0.2) is 17.1 Å². The average molecular weight is 256 g/mol. The number of fused-ring (bicyclic) bond motifs is 1. The third kappa shape index (κ3) is 1.95. The van der Waals surface area contributed by atoms with E-state index in [1.165, 1.54) is 4.70 Å². The SMILES string of the molecule is COc1cncc(-c2ccc3sc(C)nc3c2)c1. The zero-order valence-corrected chi connectivity index (χ0v) is 11.0. The average Bonchev–Trinajstić information content (AvgIpc) is 2.77. The lowest BCUT2D eigenvalue weighted by Crippen LogP contribution is -1.86. The number of hydrogen-bond acceptors (Lipinski definition) is 4. The van der Waals surface area contributed by atoms with Gasteiger partial charge in [-0.15, -0.1) is 11.3 Å². The van der Waals surface area contributed by atoms with Crippen LogP contribution in [0.2, 0.25) is 0 Å². The number of rotatable bonds is 2. The minimum Gasteiger partial charge on any atom is -0.495 e. The molecule has 2 heterocycles. The van der Waals surface area contributed by atoms with Crippen LogP contribution >= 0.6 is 11.3 Å². The van der Waals surface area contributed by atoms with Gasteiger partial charge in [0, 0.05) is 11.8 Å². The first-order chi connectivity index (χ1) is 8.76. The molecule has 0 atom stereocenters. The van der Waals surface area contributed by atoms with E-state index in [1.807, 2.05) is 19.2 Å². The van der Waals surface area contributed by atoms with Gasteiger partial charge in [-0.05, 0) is 30.7 Å². The molecule has 0 bridgehead atoms. The highest BCUT2D eigenvalue weighted by atomic mass is 32.1. The van der Waals surface area contributed by atoms with Crippen LogP contribution in [0, 0.1) is 6.92 Å². The number of nitrogens with zero attached hydrogens (tertiary/aromatic N) is 2. The number of hydrogen-bond donors (Lipinski definition) is 0. The van der Waals surface area contributed by atoms with E-state index in [0.29, 0.717) is 0 Å². The van der Waals surface area contributed by atoms with Crippen molar-refractivity contribution in [3.63, 3.8) is 0 Å². The van der Waals surface area contributed by atoms with Gasteiger partial charge in [-0.1, -0.05) is 6.07 Å². The summed E-state index contributed by atoms with van der Waals surface area (Å²) in [7, 11) is 1.65. The van der Waals surface area contributed by atoms with Gasteiger partial charge in [0.05, 0.1) is 28.5 Å². The number of aromatic nitrogens is 2. The summed E-state index contributed by atoms with van der Waals surface area (Å²) in [6, 6.07) is 8.27. The maximum Gasteiger partial charge on any atom is 0.137 e. The molecule has 0 aliphatic heterocycles. The van der Waals surface area contributed by atoms with Crippen LogP contribution in [0.1, 0.15) is 5.01 Å². The Labute approximate surface area is 109 Å². The first-order valence-corrected chi connectivity index (χ1v) is 6.44. The highest BCUT2D eigenvalue weighted by Crippen LogP contribution is 2.28. The van der Waals surface area contributed by atoms with E-state index in [1.54, 1.807) is 24.6 Å². The van der Waals surface area contributed by atoms with Gasteiger partial charge in [0.15, 0.2) is 0 Å². The monoisotopic (exact) mass is 256 g/mol. The molecule has 0 saturated carbocycles. The van der Waals surface area contributed by atoms with Crippen LogP contribution in [-0.2, 0) is 0 Å². The molecule has 0 amide bonds. The van der Waals surface area contributed by atoms with Crippen molar-refractivity contribution in [2.45, 2.75) is 6.92 Å². The molecular weight excluding hydrogens is 244 g/mol. The minimum atomic E-state index is 0.766. The molecule has 3 nitrogen and oxygen atoms in total. The van der Waals surface area contributed by atoms with Gasteiger partial charge >= 0.3 is 0 Å². The molecule has 0 N–H and O–H groups in total. The highest BCUT2D eigenvalue weighted by Gasteiger charge is 2.04. The van der Waals surface area contributed by atoms with E-state index in [9.17, 15) is 0 Å². The standard InChI is InChI=1S/C14H12N2OS/c1-9-16-13-6-10(3-4-14(13)18-9)11-5-12(17-2)8-15-7-11/h3-8H,1-2H3. The lowest BCUT2D eigenvalue weighted by atomic mass is 10.1. The summed E-state index contributed by atoms with van der Waals surface area (Å²) >= 11 is 1.71. The highest BCUT2D eigenvalue weighted by molar-refractivity contribution is 7.18. The van der Waals surface area contributed by atoms with Crippen LogP contribution in [0.3, 0.4) is 0 Å². The fourth-order valence-corrected chi connectivity index (χ4v) is 2.72. The van der Waals surface area contributed by atoms with Gasteiger partial charge in [0.25, 0.3) is 0 Å². The lowest BCUT2D eigenvalue weighted by Gasteiger charge is -2.03. The molecule has 1 aromatic carbocycles. The molecule has 0 saturated heterocycles. The summed E-state index contributed by atoms with van der Waals surface area (Å²) in [5, 5.41) is 1.09. The molecule has 4 heteroatoms. The Morgan fingerprint density at radius 1 is 1.11 bits per heavy atom. The summed E-state index contributed by atoms with van der Waals surface area (Å²) < 4.78 is 6.41. The summed E-state index contributed by atoms with van der Waals surface area (Å²) in [5.41, 5.74) is 3.19. The Kier molecular flexibility index (Phi) is 2.72. The Balaban J connectivity index is 2.12. The third-order valence-corrected chi connectivity index (χ3v) is 3.73. The predicted octanol–water partition coefficient (Wildman–Crippen LogP) is 3.68. The van der Waals surface area contributed by atoms with Crippen LogP contribution in [0.5, 0.6) is 5.75 Å². The van der Waals surface area contributed by atoms with E-state index in [-0.39, 0.29) is 0 Å². The van der Waals surface area contributed by atoms with Gasteiger partial charge in [0.1, 0.15) is 5.75 Å². The van der Waals surface area contributed by atoms with Gasteiger partial charge in [-0.2, -0.15) is 0 Å². The van der Waals surface area contributed by atoms with E-state index in [2.05, 4.69) is 28.2 Å². The topological polar surface area (TPSA) is 35.0 Å². The maximum atomic E-state index is 5.19. The quantitative estimate of drug-likeness (QED) is 0.701. The molecule has 3 rings (SSSR count). The number of thiazole rings is 1. The number of pyridine rings is 1. The Morgan fingerprint density at radius 2 is 2.00 bits per heavy atom. The molecule has 0 aliphatic rings. The van der Waals surface area contributed by atoms with Gasteiger partial charge < -0.3 is 4.74 Å². The number of benzene rings is 1. The van der Waals surface area contributed by atoms with Crippen molar-refractivity contribution in [1.82, 2.24) is 9.97 Å². The van der Waals surface area contributed by atoms with Gasteiger partial charge in [0.2, 0.25) is 0 Å². The van der Waals surface area contributed by atoms with E-state index < -0.39 is 0 Å². The first kappa shape index (κ1) is 11.2. The Morgan fingerprint density at radius 3 is 2.83 bits per heavy atom. The zero-order chi connectivity index (χ0) is 12.5. The van der Waals surface area contributed by atoms with Crippen molar-refractivity contribution >= 4 is 21.6 Å². The van der Waals surface area contributed by atoms with Gasteiger partial charge in [-0.3, -0.25) is 4.98 Å². The second kappa shape index (κ2) is 4.38. The third-order valence-electron chi connectivity index (χ3n) is 2.78. The summed E-state index contributed by atoms with van der Waals surface area (Å²) in [4.78, 5) is 8.68. The smallest absolute Gasteiger partial charge is 0.137 e. The number of methoxy groups -OCH3 is 1. The maximum absolute atomic E-state index is 5.19. The second-order valence-corrected chi connectivity index (χ2v) is 5.26. The fourth-order valence-electron chi connectivity index (χ4n) is 1.91. The van der Waals surface area contributed by atoms with E-state index in [0.717, 1.165) is 27.4 Å². The van der Waals surface area contributed by atoms with Crippen molar-refractivity contribution < 1.29 is 4.74 Å². The van der Waals surface area contributed by atoms with Crippen LogP contribution in [0.4, 0.5) is 0 Å². The second-order valence-electron chi connectivity index (χ2n) is 4.03. The lowest BCUT2D eigenvalue weighted by molar-refractivity contribution is 0.413. The van der Waals surface area contributed by atoms with Crippen LogP contribution in [0.25, 0.3) is 21.3 Å². The predicted molar refractivity (Wildman–Crippen MR) is 74.1 cm³/mol. The molecule has 0 radical (unpaired) electrons. The van der Waals surface area contributed by atoms with E-state index >= 15 is 0 Å². The molecule has 0 fully saturated rings. The van der Waals surface area contributed by atoms with Gasteiger partial charge in [-0.25, -0.2) is 4.98 Å². The fraction of sp³-hybridized carbons (Fsp3) is 0.143. The summed E-state index contributed by atoms with van der Waals surface area (Å²) in [5.74, 6) is 0.766.